The first kappa shape index (κ1) is 9.55. The normalized spacial score (nSPS) is 24.7. The third-order valence-corrected chi connectivity index (χ3v) is 4.20. The van der Waals surface area contributed by atoms with Gasteiger partial charge in [-0.3, -0.25) is 0 Å². The number of thioether (sulfide) groups is 1. The zero-order valence-corrected chi connectivity index (χ0v) is 9.57. The van der Waals surface area contributed by atoms with E-state index in [0.717, 1.165) is 6.54 Å². The zero-order chi connectivity index (χ0) is 10.1. The molecular formula is C12H16N2S. The van der Waals surface area contributed by atoms with E-state index < -0.39 is 0 Å². The molecule has 3 rings (SSSR count). The van der Waals surface area contributed by atoms with Crippen molar-refractivity contribution in [3.8, 4) is 0 Å². The third-order valence-electron chi connectivity index (χ3n) is 3.14. The molecule has 0 amide bonds. The highest BCUT2D eigenvalue weighted by atomic mass is 32.2. The van der Waals surface area contributed by atoms with Crippen LogP contribution in [0.15, 0.2) is 23.1 Å². The van der Waals surface area contributed by atoms with Gasteiger partial charge in [0.2, 0.25) is 0 Å². The van der Waals surface area contributed by atoms with Crippen LogP contribution < -0.4 is 10.6 Å². The molecular weight excluding hydrogens is 204 g/mol. The highest BCUT2D eigenvalue weighted by Crippen LogP contribution is 2.34. The van der Waals surface area contributed by atoms with Crippen LogP contribution in [0, 0.1) is 0 Å². The molecule has 2 nitrogen and oxygen atoms in total. The summed E-state index contributed by atoms with van der Waals surface area (Å²) in [5, 5.41) is 6.99. The molecule has 1 saturated heterocycles. The van der Waals surface area contributed by atoms with Crippen LogP contribution in [0.2, 0.25) is 0 Å². The summed E-state index contributed by atoms with van der Waals surface area (Å²) in [7, 11) is 0. The topological polar surface area (TPSA) is 24.1 Å². The van der Waals surface area contributed by atoms with Crippen molar-refractivity contribution in [1.29, 1.82) is 0 Å². The molecule has 0 spiro atoms. The first-order chi connectivity index (χ1) is 7.43. The van der Waals surface area contributed by atoms with E-state index in [1.54, 1.807) is 0 Å². The lowest BCUT2D eigenvalue weighted by molar-refractivity contribution is 0.646. The van der Waals surface area contributed by atoms with E-state index in [1.165, 1.54) is 41.3 Å². The van der Waals surface area contributed by atoms with Gasteiger partial charge in [0, 0.05) is 28.9 Å². The van der Waals surface area contributed by atoms with Crippen LogP contribution in [0.3, 0.4) is 0 Å². The number of hydrogen-bond donors (Lipinski definition) is 2. The minimum atomic E-state index is 0.595. The molecule has 80 valence electrons. The summed E-state index contributed by atoms with van der Waals surface area (Å²) in [5.41, 5.74) is 2.77. The summed E-state index contributed by atoms with van der Waals surface area (Å²) in [6, 6.07) is 7.45. The average Bonchev–Trinajstić information content (AvgIpc) is 2.82. The monoisotopic (exact) mass is 220 g/mol. The Kier molecular flexibility index (Phi) is 2.59. The second-order valence-corrected chi connectivity index (χ2v) is 5.32. The van der Waals surface area contributed by atoms with Crippen LogP contribution in [0.1, 0.15) is 24.4 Å². The molecule has 1 fully saturated rings. The summed E-state index contributed by atoms with van der Waals surface area (Å²) in [5.74, 6) is 1.19. The van der Waals surface area contributed by atoms with Gasteiger partial charge in [-0.1, -0.05) is 6.07 Å². The van der Waals surface area contributed by atoms with Crippen LogP contribution in [0.4, 0.5) is 5.69 Å². The second kappa shape index (κ2) is 4.06. The van der Waals surface area contributed by atoms with Gasteiger partial charge in [0.05, 0.1) is 0 Å². The first-order valence-electron chi connectivity index (χ1n) is 5.67. The zero-order valence-electron chi connectivity index (χ0n) is 8.75. The van der Waals surface area contributed by atoms with Crippen molar-refractivity contribution < 1.29 is 0 Å². The van der Waals surface area contributed by atoms with Gasteiger partial charge in [-0.15, -0.1) is 11.8 Å². The second-order valence-electron chi connectivity index (χ2n) is 4.18. The van der Waals surface area contributed by atoms with Crippen molar-refractivity contribution in [3.05, 3.63) is 23.8 Å². The first-order valence-corrected chi connectivity index (χ1v) is 6.66. The summed E-state index contributed by atoms with van der Waals surface area (Å²) in [6.45, 7) is 2.27. The SMILES string of the molecule is c1cc2c(cc1C1CCCN1)SCCN2. The van der Waals surface area contributed by atoms with Crippen molar-refractivity contribution in [2.45, 2.75) is 23.8 Å². The van der Waals surface area contributed by atoms with E-state index in [2.05, 4.69) is 28.8 Å². The predicted molar refractivity (Wildman–Crippen MR) is 65.6 cm³/mol. The van der Waals surface area contributed by atoms with Gasteiger partial charge in [0.1, 0.15) is 0 Å². The maximum atomic E-state index is 3.55. The van der Waals surface area contributed by atoms with E-state index in [9.17, 15) is 0 Å². The molecule has 1 unspecified atom stereocenters. The number of rotatable bonds is 1. The highest BCUT2D eigenvalue weighted by Gasteiger charge is 2.18. The van der Waals surface area contributed by atoms with Gasteiger partial charge >= 0.3 is 0 Å². The van der Waals surface area contributed by atoms with Crippen LogP contribution in [-0.2, 0) is 0 Å². The quantitative estimate of drug-likeness (QED) is 0.761. The average molecular weight is 220 g/mol. The Hall–Kier alpha value is -0.670. The molecule has 2 N–H and O–H groups in total. The molecule has 1 atom stereocenters. The van der Waals surface area contributed by atoms with Crippen molar-refractivity contribution in [2.24, 2.45) is 0 Å². The Morgan fingerprint density at radius 1 is 1.27 bits per heavy atom. The molecule has 0 saturated carbocycles. The summed E-state index contributed by atoms with van der Waals surface area (Å²) < 4.78 is 0. The molecule has 0 aliphatic carbocycles. The van der Waals surface area contributed by atoms with Crippen LogP contribution >= 0.6 is 11.8 Å². The maximum Gasteiger partial charge on any atom is 0.0478 e. The van der Waals surface area contributed by atoms with Crippen LogP contribution in [-0.4, -0.2) is 18.8 Å². The molecule has 0 radical (unpaired) electrons. The summed E-state index contributed by atoms with van der Waals surface area (Å²) >= 11 is 1.97. The number of benzene rings is 1. The highest BCUT2D eigenvalue weighted by molar-refractivity contribution is 7.99. The van der Waals surface area contributed by atoms with E-state index in [1.807, 2.05) is 11.8 Å². The van der Waals surface area contributed by atoms with Crippen molar-refractivity contribution in [1.82, 2.24) is 5.32 Å². The van der Waals surface area contributed by atoms with Gasteiger partial charge in [0.25, 0.3) is 0 Å². The lowest BCUT2D eigenvalue weighted by Gasteiger charge is -2.20. The third kappa shape index (κ3) is 1.86. The molecule has 1 aromatic rings. The van der Waals surface area contributed by atoms with Gasteiger partial charge in [-0.25, -0.2) is 0 Å². The van der Waals surface area contributed by atoms with E-state index in [4.69, 9.17) is 0 Å². The van der Waals surface area contributed by atoms with Crippen molar-refractivity contribution in [2.75, 3.05) is 24.2 Å². The number of anilines is 1. The van der Waals surface area contributed by atoms with E-state index in [-0.39, 0.29) is 0 Å². The van der Waals surface area contributed by atoms with Gasteiger partial charge in [0.15, 0.2) is 0 Å². The van der Waals surface area contributed by atoms with Gasteiger partial charge in [-0.05, 0) is 37.1 Å². The molecule has 0 aromatic heterocycles. The molecule has 15 heavy (non-hydrogen) atoms. The van der Waals surface area contributed by atoms with Gasteiger partial charge in [-0.2, -0.15) is 0 Å². The van der Waals surface area contributed by atoms with Crippen molar-refractivity contribution in [3.63, 3.8) is 0 Å². The Bertz CT molecular complexity index is 359. The standard InChI is InChI=1S/C12H16N2S/c1-2-10(13-5-1)9-3-4-11-12(8-9)15-7-6-14-11/h3-4,8,10,13-14H,1-2,5-7H2. The molecule has 3 heteroatoms. The summed E-state index contributed by atoms with van der Waals surface area (Å²) in [4.78, 5) is 1.42. The van der Waals surface area contributed by atoms with E-state index >= 15 is 0 Å². The van der Waals surface area contributed by atoms with Crippen LogP contribution in [0.5, 0.6) is 0 Å². The smallest absolute Gasteiger partial charge is 0.0478 e. The number of fused-ring (bicyclic) bond motifs is 1. The van der Waals surface area contributed by atoms with E-state index in [0.29, 0.717) is 6.04 Å². The predicted octanol–water partition coefficient (Wildman–Crippen LogP) is 2.63. The Labute approximate surface area is 94.8 Å². The van der Waals surface area contributed by atoms with Gasteiger partial charge < -0.3 is 10.6 Å². The minimum Gasteiger partial charge on any atom is -0.383 e. The fraction of sp³-hybridized carbons (Fsp3) is 0.500. The maximum absolute atomic E-state index is 3.55. The Morgan fingerprint density at radius 2 is 2.27 bits per heavy atom. The fourth-order valence-corrected chi connectivity index (χ4v) is 3.28. The molecule has 0 bridgehead atoms. The molecule has 2 heterocycles. The number of nitrogens with one attached hydrogen (secondary N) is 2. The van der Waals surface area contributed by atoms with Crippen LogP contribution in [0.25, 0.3) is 0 Å². The fourth-order valence-electron chi connectivity index (χ4n) is 2.34. The molecule has 1 aromatic carbocycles. The lowest BCUT2D eigenvalue weighted by Crippen LogP contribution is -2.14. The largest absolute Gasteiger partial charge is 0.383 e. The Balaban J connectivity index is 1.89. The summed E-state index contributed by atoms with van der Waals surface area (Å²) in [6.07, 6.45) is 2.60. The Morgan fingerprint density at radius 3 is 3.13 bits per heavy atom. The minimum absolute atomic E-state index is 0.595. The number of hydrogen-bond acceptors (Lipinski definition) is 3. The lowest BCUT2D eigenvalue weighted by atomic mass is 10.1. The van der Waals surface area contributed by atoms with Crippen molar-refractivity contribution >= 4 is 17.4 Å². The molecule has 2 aliphatic rings. The molecule has 2 aliphatic heterocycles.